The third kappa shape index (κ3) is 5.41. The fourth-order valence-electron chi connectivity index (χ4n) is 5.00. The lowest BCUT2D eigenvalue weighted by atomic mass is 10.0. The fraction of sp³-hybridized carbons (Fsp3) is 0.280. The second-order valence-electron chi connectivity index (χ2n) is 9.36. The van der Waals surface area contributed by atoms with Gasteiger partial charge in [0.05, 0.1) is 28.9 Å². The van der Waals surface area contributed by atoms with Crippen LogP contribution in [0.1, 0.15) is 5.56 Å². The number of nitrogens with zero attached hydrogens (tertiary/aromatic N) is 3. The Morgan fingerprint density at radius 1 is 0.923 bits per heavy atom. The van der Waals surface area contributed by atoms with Crippen molar-refractivity contribution in [2.24, 2.45) is 5.14 Å². The molecule has 9 nitrogen and oxygen atoms in total. The molecule has 39 heavy (non-hydrogen) atoms. The summed E-state index contributed by atoms with van der Waals surface area (Å²) < 4.78 is 98.4. The maximum absolute atomic E-state index is 14.3. The predicted molar refractivity (Wildman–Crippen MR) is 140 cm³/mol. The molecule has 3 aromatic rings. The van der Waals surface area contributed by atoms with Crippen molar-refractivity contribution in [3.05, 3.63) is 72.0 Å². The molecule has 14 heteroatoms. The summed E-state index contributed by atoms with van der Waals surface area (Å²) in [5, 5.41) is 5.35. The molecule has 1 fully saturated rings. The molecule has 0 radical (unpaired) electrons. The van der Waals surface area contributed by atoms with E-state index in [1.165, 1.54) is 22.5 Å². The minimum atomic E-state index is -4.12. The third-order valence-electron chi connectivity index (χ3n) is 6.74. The van der Waals surface area contributed by atoms with Crippen molar-refractivity contribution in [3.63, 3.8) is 0 Å². The molecule has 1 saturated heterocycles. The Morgan fingerprint density at radius 3 is 2.38 bits per heavy atom. The van der Waals surface area contributed by atoms with E-state index in [-0.39, 0.29) is 48.1 Å². The van der Waals surface area contributed by atoms with Crippen molar-refractivity contribution < 1.29 is 34.7 Å². The number of halogens is 3. The lowest BCUT2D eigenvalue weighted by molar-refractivity contribution is -0.0499. The molecular formula is C25H25F3N4O5S2. The zero-order chi connectivity index (χ0) is 28.1. The van der Waals surface area contributed by atoms with E-state index in [1.807, 2.05) is 4.90 Å². The number of rotatable bonds is 6. The molecule has 2 N–H and O–H groups in total. The van der Waals surface area contributed by atoms with Gasteiger partial charge in [-0.15, -0.1) is 0 Å². The summed E-state index contributed by atoms with van der Waals surface area (Å²) in [4.78, 5) is 1.96. The zero-order valence-corrected chi connectivity index (χ0v) is 22.3. The number of hydrogen-bond donors (Lipinski definition) is 1. The molecule has 0 amide bonds. The highest BCUT2D eigenvalue weighted by atomic mass is 32.2. The van der Waals surface area contributed by atoms with Crippen LogP contribution >= 0.6 is 0 Å². The number of fused-ring (bicyclic) bond motifs is 3. The van der Waals surface area contributed by atoms with Crippen LogP contribution in [0.2, 0.25) is 0 Å². The quantitative estimate of drug-likeness (QED) is 0.477. The molecule has 1 atom stereocenters. The Morgan fingerprint density at radius 2 is 1.69 bits per heavy atom. The fourth-order valence-corrected chi connectivity index (χ4v) is 7.33. The van der Waals surface area contributed by atoms with Gasteiger partial charge in [-0.1, -0.05) is 18.2 Å². The first-order chi connectivity index (χ1) is 18.3. The van der Waals surface area contributed by atoms with Gasteiger partial charge in [0.2, 0.25) is 0 Å². The van der Waals surface area contributed by atoms with E-state index in [4.69, 9.17) is 5.14 Å². The topological polar surface area (TPSA) is 113 Å². The lowest BCUT2D eigenvalue weighted by Gasteiger charge is -2.48. The predicted octanol–water partition coefficient (Wildman–Crippen LogP) is 3.31. The van der Waals surface area contributed by atoms with E-state index in [2.05, 4.69) is 4.74 Å². The average molecular weight is 583 g/mol. The van der Waals surface area contributed by atoms with E-state index < -0.39 is 38.7 Å². The average Bonchev–Trinajstić information content (AvgIpc) is 2.86. The highest BCUT2D eigenvalue weighted by Gasteiger charge is 2.41. The monoisotopic (exact) mass is 582 g/mol. The van der Waals surface area contributed by atoms with Crippen molar-refractivity contribution in [3.8, 4) is 16.9 Å². The summed E-state index contributed by atoms with van der Waals surface area (Å²) in [5.74, 6) is -1.18. The molecule has 208 valence electrons. The summed E-state index contributed by atoms with van der Waals surface area (Å²) >= 11 is 0. The second-order valence-corrected chi connectivity index (χ2v) is 12.8. The molecule has 0 bridgehead atoms. The molecular weight excluding hydrogens is 557 g/mol. The van der Waals surface area contributed by atoms with Crippen LogP contribution in [0.3, 0.4) is 0 Å². The maximum atomic E-state index is 14.3. The lowest BCUT2D eigenvalue weighted by Crippen LogP contribution is -2.62. The minimum absolute atomic E-state index is 0.0158. The Bertz CT molecular complexity index is 1640. The van der Waals surface area contributed by atoms with E-state index >= 15 is 0 Å². The van der Waals surface area contributed by atoms with Crippen LogP contribution < -0.4 is 19.1 Å². The van der Waals surface area contributed by atoms with E-state index in [9.17, 15) is 30.0 Å². The number of hydrogen-bond acceptors (Lipinski definition) is 6. The number of aryl methyl sites for hydroxylation is 1. The number of piperazine rings is 1. The smallest absolute Gasteiger partial charge is 0.387 e. The van der Waals surface area contributed by atoms with Crippen LogP contribution in [0.4, 0.5) is 24.5 Å². The molecule has 5 rings (SSSR count). The number of sulfonamides is 1. The standard InChI is InChI=1S/C25H25F3N4O5S2/c1-16-3-2-4-22(9-16)38(33,34)32-15-20-14-30(39(29,35)36)7-8-31(20)23-6-5-17(12-24(23)32)18-10-19(26)13-21(11-18)37-25(27)28/h2-6,9-13,20,25H,7-8,14-15H2,1H3,(H2,29,35,36)/t20-/m0/s1. The van der Waals surface area contributed by atoms with Crippen LogP contribution in [0.15, 0.2) is 65.6 Å². The van der Waals surface area contributed by atoms with Gasteiger partial charge in [0.1, 0.15) is 11.6 Å². The highest BCUT2D eigenvalue weighted by Crippen LogP contribution is 2.42. The van der Waals surface area contributed by atoms with Crippen molar-refractivity contribution in [2.45, 2.75) is 24.5 Å². The number of alkyl halides is 2. The summed E-state index contributed by atoms with van der Waals surface area (Å²) in [6.07, 6.45) is 0. The van der Waals surface area contributed by atoms with Crippen LogP contribution in [-0.2, 0) is 20.2 Å². The normalized spacial score (nSPS) is 18.2. The van der Waals surface area contributed by atoms with Gasteiger partial charge >= 0.3 is 6.61 Å². The third-order valence-corrected chi connectivity index (χ3v) is 9.57. The van der Waals surface area contributed by atoms with Gasteiger partial charge in [0, 0.05) is 25.7 Å². The van der Waals surface area contributed by atoms with Gasteiger partial charge in [-0.3, -0.25) is 4.31 Å². The molecule has 2 aliphatic heterocycles. The van der Waals surface area contributed by atoms with Crippen molar-refractivity contribution >= 4 is 31.6 Å². The second kappa shape index (κ2) is 10.0. The maximum Gasteiger partial charge on any atom is 0.387 e. The summed E-state index contributed by atoms with van der Waals surface area (Å²) in [7, 11) is -8.11. The first-order valence-corrected chi connectivity index (χ1v) is 14.8. The van der Waals surface area contributed by atoms with Crippen LogP contribution in [-0.4, -0.2) is 60.0 Å². The summed E-state index contributed by atoms with van der Waals surface area (Å²) in [5.41, 5.74) is 2.13. The molecule has 0 unspecified atom stereocenters. The van der Waals surface area contributed by atoms with E-state index in [1.54, 1.807) is 37.3 Å². The molecule has 0 aromatic heterocycles. The first-order valence-electron chi connectivity index (χ1n) is 11.9. The molecule has 2 aliphatic rings. The van der Waals surface area contributed by atoms with Gasteiger partial charge < -0.3 is 9.64 Å². The van der Waals surface area contributed by atoms with Crippen LogP contribution in [0.5, 0.6) is 5.75 Å². The molecule has 3 aromatic carbocycles. The Balaban J connectivity index is 1.64. The van der Waals surface area contributed by atoms with Crippen LogP contribution in [0.25, 0.3) is 11.1 Å². The molecule has 0 aliphatic carbocycles. The van der Waals surface area contributed by atoms with Crippen molar-refractivity contribution in [2.75, 3.05) is 35.4 Å². The SMILES string of the molecule is Cc1cccc(S(=O)(=O)N2C[C@@H]3CN(S(N)(=O)=O)CCN3c3ccc(-c4cc(F)cc(OC(F)F)c4)cc32)c1. The number of ether oxygens (including phenoxy) is 1. The first kappa shape index (κ1) is 27.2. The van der Waals surface area contributed by atoms with Gasteiger partial charge in [-0.2, -0.15) is 21.5 Å². The number of benzene rings is 3. The van der Waals surface area contributed by atoms with Crippen molar-refractivity contribution in [1.29, 1.82) is 0 Å². The number of nitrogens with two attached hydrogens (primary N) is 1. The minimum Gasteiger partial charge on any atom is -0.435 e. The van der Waals surface area contributed by atoms with Gasteiger partial charge in [-0.05, 0) is 60.0 Å². The Labute approximate surface area is 224 Å². The van der Waals surface area contributed by atoms with Crippen LogP contribution in [0, 0.1) is 12.7 Å². The van der Waals surface area contributed by atoms with Gasteiger partial charge in [-0.25, -0.2) is 17.9 Å². The van der Waals surface area contributed by atoms with Gasteiger partial charge in [0.15, 0.2) is 0 Å². The Kier molecular flexibility index (Phi) is 6.99. The summed E-state index contributed by atoms with van der Waals surface area (Å²) in [6, 6.07) is 13.9. The van der Waals surface area contributed by atoms with E-state index in [0.29, 0.717) is 11.3 Å². The largest absolute Gasteiger partial charge is 0.435 e. The Hall–Kier alpha value is -3.33. The van der Waals surface area contributed by atoms with Crippen molar-refractivity contribution in [1.82, 2.24) is 4.31 Å². The summed E-state index contributed by atoms with van der Waals surface area (Å²) in [6.45, 7) is -1.11. The zero-order valence-electron chi connectivity index (χ0n) is 20.7. The number of anilines is 2. The van der Waals surface area contributed by atoms with Gasteiger partial charge in [0.25, 0.3) is 20.2 Å². The highest BCUT2D eigenvalue weighted by molar-refractivity contribution is 7.92. The molecule has 0 spiro atoms. The molecule has 0 saturated carbocycles. The van der Waals surface area contributed by atoms with E-state index in [0.717, 1.165) is 22.0 Å². The molecule has 2 heterocycles.